The Morgan fingerprint density at radius 2 is 1.95 bits per heavy atom. The maximum absolute atomic E-state index is 12.0. The summed E-state index contributed by atoms with van der Waals surface area (Å²) >= 11 is 0. The molecule has 4 nitrogen and oxygen atoms in total. The van der Waals surface area contributed by atoms with E-state index in [-0.39, 0.29) is 5.92 Å². The molecule has 3 saturated heterocycles. The molecule has 114 valence electrons. The largest absolute Gasteiger partial charge is 0.480 e. The quantitative estimate of drug-likeness (QED) is 0.826. The minimum absolute atomic E-state index is 0.0720. The lowest BCUT2D eigenvalue weighted by atomic mass is 9.66. The molecule has 3 aliphatic rings. The van der Waals surface area contributed by atoms with E-state index < -0.39 is 11.5 Å². The smallest absolute Gasteiger partial charge is 0.324 e. The molecule has 0 spiro atoms. The minimum atomic E-state index is -1.15. The van der Waals surface area contributed by atoms with Crippen LogP contribution in [0.3, 0.4) is 0 Å². The van der Waals surface area contributed by atoms with E-state index in [1.165, 1.54) is 13.1 Å². The molecule has 4 heteroatoms. The van der Waals surface area contributed by atoms with E-state index in [0.29, 0.717) is 12.3 Å². The molecule has 4 rings (SSSR count). The lowest BCUT2D eigenvalue weighted by Gasteiger charge is -2.54. The number of nitrogens with zero attached hydrogens (tertiary/aromatic N) is 1. The van der Waals surface area contributed by atoms with Gasteiger partial charge in [-0.1, -0.05) is 30.3 Å². The Kier molecular flexibility index (Phi) is 3.54. The number of fused-ring (bicyclic) bond motifs is 3. The zero-order valence-electron chi connectivity index (χ0n) is 12.7. The third kappa shape index (κ3) is 2.58. The summed E-state index contributed by atoms with van der Waals surface area (Å²) in [6, 6.07) is 9.79. The maximum atomic E-state index is 12.0. The van der Waals surface area contributed by atoms with Crippen molar-refractivity contribution in [3.8, 4) is 0 Å². The summed E-state index contributed by atoms with van der Waals surface area (Å²) < 4.78 is 0.988. The topological polar surface area (TPSA) is 63.3 Å². The first kappa shape index (κ1) is 14.5. The Morgan fingerprint density at radius 3 is 2.48 bits per heavy atom. The van der Waals surface area contributed by atoms with Crippen molar-refractivity contribution in [2.75, 3.05) is 26.7 Å². The number of hydrogen-bond acceptors (Lipinski definition) is 2. The number of nitrogens with two attached hydrogens (primary N) is 1. The summed E-state index contributed by atoms with van der Waals surface area (Å²) in [7, 11) is 2.24. The highest BCUT2D eigenvalue weighted by molar-refractivity contribution is 5.79. The van der Waals surface area contributed by atoms with Gasteiger partial charge in [-0.3, -0.25) is 4.79 Å². The molecule has 3 heterocycles. The molecule has 2 atom stereocenters. The predicted octanol–water partition coefficient (Wildman–Crippen LogP) is 1.50. The molecule has 0 aliphatic carbocycles. The van der Waals surface area contributed by atoms with Crippen LogP contribution in [-0.4, -0.2) is 47.8 Å². The Bertz CT molecular complexity index is 523. The van der Waals surface area contributed by atoms with Crippen LogP contribution in [0, 0.1) is 11.8 Å². The van der Waals surface area contributed by atoms with Crippen molar-refractivity contribution in [2.45, 2.75) is 24.8 Å². The molecule has 3 aliphatic heterocycles. The number of benzene rings is 1. The molecule has 0 saturated carbocycles. The summed E-state index contributed by atoms with van der Waals surface area (Å²) in [6.45, 7) is 3.24. The Balaban J connectivity index is 1.89. The van der Waals surface area contributed by atoms with Crippen LogP contribution in [0.1, 0.15) is 18.4 Å². The number of rotatable bonds is 4. The number of aliphatic carboxylic acids is 1. The van der Waals surface area contributed by atoms with Crippen molar-refractivity contribution in [3.63, 3.8) is 0 Å². The number of piperidine rings is 3. The fourth-order valence-corrected chi connectivity index (χ4v) is 4.30. The molecular weight excluding hydrogens is 264 g/mol. The standard InChI is InChI=1S/C17H24N2O2/c1-19-9-7-14(8-10-19)15(12-19)17(18,16(20)21)11-13-5-3-2-4-6-13/h2-6,14-15H,7-12,18H2,1H3/p+1/t14?,15-,17-,19?/m1/s1. The van der Waals surface area contributed by atoms with Crippen LogP contribution < -0.4 is 5.73 Å². The van der Waals surface area contributed by atoms with Gasteiger partial charge in [-0.25, -0.2) is 0 Å². The van der Waals surface area contributed by atoms with Crippen molar-refractivity contribution in [1.29, 1.82) is 0 Å². The molecule has 0 aromatic heterocycles. The zero-order valence-corrected chi connectivity index (χ0v) is 12.7. The van der Waals surface area contributed by atoms with Crippen LogP contribution >= 0.6 is 0 Å². The van der Waals surface area contributed by atoms with Gasteiger partial charge in [0.25, 0.3) is 0 Å². The third-order valence-corrected chi connectivity index (χ3v) is 5.69. The van der Waals surface area contributed by atoms with E-state index in [9.17, 15) is 9.90 Å². The van der Waals surface area contributed by atoms with E-state index in [0.717, 1.165) is 29.4 Å². The van der Waals surface area contributed by atoms with Gasteiger partial charge in [-0.15, -0.1) is 0 Å². The summed E-state index contributed by atoms with van der Waals surface area (Å²) in [6.07, 6.45) is 2.65. The molecule has 0 amide bonds. The molecule has 1 aromatic carbocycles. The number of carbonyl (C=O) groups is 1. The molecule has 2 bridgehead atoms. The maximum Gasteiger partial charge on any atom is 0.324 e. The average molecular weight is 289 g/mol. The van der Waals surface area contributed by atoms with Gasteiger partial charge in [-0.2, -0.15) is 0 Å². The molecule has 0 radical (unpaired) electrons. The van der Waals surface area contributed by atoms with Gasteiger partial charge < -0.3 is 15.3 Å². The summed E-state index contributed by atoms with van der Waals surface area (Å²) in [5.74, 6) is -0.311. The van der Waals surface area contributed by atoms with Crippen LogP contribution in [0.25, 0.3) is 0 Å². The number of quaternary nitrogens is 1. The molecular formula is C17H25N2O2+. The highest BCUT2D eigenvalue weighted by Gasteiger charge is 2.54. The molecule has 3 fully saturated rings. The van der Waals surface area contributed by atoms with Gasteiger partial charge in [0.15, 0.2) is 0 Å². The van der Waals surface area contributed by atoms with Gasteiger partial charge in [0, 0.05) is 25.2 Å². The van der Waals surface area contributed by atoms with E-state index in [2.05, 4.69) is 7.05 Å². The van der Waals surface area contributed by atoms with Gasteiger partial charge in [0.05, 0.1) is 26.7 Å². The fourth-order valence-electron chi connectivity index (χ4n) is 4.30. The lowest BCUT2D eigenvalue weighted by molar-refractivity contribution is -0.929. The monoisotopic (exact) mass is 289 g/mol. The van der Waals surface area contributed by atoms with Crippen molar-refractivity contribution < 1.29 is 14.4 Å². The lowest BCUT2D eigenvalue weighted by Crippen LogP contribution is -2.69. The van der Waals surface area contributed by atoms with Crippen LogP contribution in [0.2, 0.25) is 0 Å². The molecule has 0 unspecified atom stereocenters. The van der Waals surface area contributed by atoms with Crippen molar-refractivity contribution in [1.82, 2.24) is 0 Å². The van der Waals surface area contributed by atoms with Crippen LogP contribution in [-0.2, 0) is 11.2 Å². The number of carboxylic acids is 1. The molecule has 21 heavy (non-hydrogen) atoms. The molecule has 3 N–H and O–H groups in total. The normalized spacial score (nSPS) is 34.4. The highest BCUT2D eigenvalue weighted by atomic mass is 16.4. The fraction of sp³-hybridized carbons (Fsp3) is 0.588. The minimum Gasteiger partial charge on any atom is -0.480 e. The average Bonchev–Trinajstić information content (AvgIpc) is 2.48. The second kappa shape index (κ2) is 5.11. The molecule has 1 aromatic rings. The Hall–Kier alpha value is -1.39. The van der Waals surface area contributed by atoms with Crippen LogP contribution in [0.15, 0.2) is 30.3 Å². The van der Waals surface area contributed by atoms with E-state index in [1.807, 2.05) is 30.3 Å². The summed E-state index contributed by atoms with van der Waals surface area (Å²) in [5.41, 5.74) is 6.35. The van der Waals surface area contributed by atoms with Crippen LogP contribution in [0.4, 0.5) is 0 Å². The predicted molar refractivity (Wildman–Crippen MR) is 81.7 cm³/mol. The first-order valence-corrected chi connectivity index (χ1v) is 7.83. The Morgan fingerprint density at radius 1 is 1.33 bits per heavy atom. The van der Waals surface area contributed by atoms with Crippen molar-refractivity contribution in [2.24, 2.45) is 17.6 Å². The number of hydrogen-bond donors (Lipinski definition) is 2. The second-order valence-electron chi connectivity index (χ2n) is 7.20. The van der Waals surface area contributed by atoms with Gasteiger partial charge >= 0.3 is 5.97 Å². The van der Waals surface area contributed by atoms with Gasteiger partial charge in [-0.05, 0) is 11.5 Å². The van der Waals surface area contributed by atoms with E-state index in [1.54, 1.807) is 0 Å². The number of carboxylic acid groups (broad SMARTS) is 1. The third-order valence-electron chi connectivity index (χ3n) is 5.69. The first-order valence-electron chi connectivity index (χ1n) is 7.83. The van der Waals surface area contributed by atoms with E-state index in [4.69, 9.17) is 5.73 Å². The SMILES string of the molecule is C[N+]12CCC(CC1)[C@H]([C@](N)(Cc1ccccc1)C(=O)O)C2. The van der Waals surface area contributed by atoms with Crippen molar-refractivity contribution >= 4 is 5.97 Å². The van der Waals surface area contributed by atoms with Gasteiger partial charge in [0.1, 0.15) is 5.54 Å². The first-order chi connectivity index (χ1) is 9.93. The summed E-state index contributed by atoms with van der Waals surface area (Å²) in [4.78, 5) is 12.0. The van der Waals surface area contributed by atoms with Crippen molar-refractivity contribution in [3.05, 3.63) is 35.9 Å². The van der Waals surface area contributed by atoms with Crippen LogP contribution in [0.5, 0.6) is 0 Å². The van der Waals surface area contributed by atoms with E-state index >= 15 is 0 Å². The zero-order chi connectivity index (χ0) is 15.1. The highest BCUT2D eigenvalue weighted by Crippen LogP contribution is 2.42. The van der Waals surface area contributed by atoms with Gasteiger partial charge in [0.2, 0.25) is 0 Å². The second-order valence-corrected chi connectivity index (χ2v) is 7.20. The summed E-state index contributed by atoms with van der Waals surface area (Å²) in [5, 5.41) is 9.83. The Labute approximate surface area is 126 Å².